The van der Waals surface area contributed by atoms with Gasteiger partial charge in [0, 0.05) is 37.2 Å². The van der Waals surface area contributed by atoms with Crippen molar-refractivity contribution >= 4 is 0 Å². The maximum absolute atomic E-state index is 9.98. The number of aromatic nitrogens is 5. The Kier molecular flexibility index (Phi) is 4.69. The summed E-state index contributed by atoms with van der Waals surface area (Å²) in [5.74, 6) is 1.61. The summed E-state index contributed by atoms with van der Waals surface area (Å²) in [6.45, 7) is 0. The van der Waals surface area contributed by atoms with E-state index in [1.165, 1.54) is 6.42 Å². The first kappa shape index (κ1) is 20.2. The summed E-state index contributed by atoms with van der Waals surface area (Å²) in [6, 6.07) is 16.2. The van der Waals surface area contributed by atoms with Crippen molar-refractivity contribution in [3.8, 4) is 29.2 Å². The lowest BCUT2D eigenvalue weighted by atomic mass is 9.76. The summed E-state index contributed by atoms with van der Waals surface area (Å²) in [5.41, 5.74) is 11.3. The zero-order valence-corrected chi connectivity index (χ0v) is 18.7. The molecule has 8 nitrogen and oxygen atoms in total. The fourth-order valence-electron chi connectivity index (χ4n) is 4.84. The van der Waals surface area contributed by atoms with Gasteiger partial charge < -0.3 is 10.5 Å². The number of nitrogens with two attached hydrogens (primary N) is 1. The molecule has 2 N–H and O–H groups in total. The van der Waals surface area contributed by atoms with Gasteiger partial charge >= 0.3 is 0 Å². The van der Waals surface area contributed by atoms with E-state index in [2.05, 4.69) is 16.0 Å². The summed E-state index contributed by atoms with van der Waals surface area (Å²) < 4.78 is 9.63. The molecule has 168 valence electrons. The highest BCUT2D eigenvalue weighted by Crippen LogP contribution is 2.49. The van der Waals surface area contributed by atoms with Gasteiger partial charge in [-0.3, -0.25) is 9.55 Å². The number of imidazole rings is 1. The van der Waals surface area contributed by atoms with Gasteiger partial charge in [-0.15, -0.1) is 0 Å². The lowest BCUT2D eigenvalue weighted by Crippen LogP contribution is -2.23. The normalized spacial score (nSPS) is 17.6. The van der Waals surface area contributed by atoms with E-state index >= 15 is 0 Å². The van der Waals surface area contributed by atoms with Crippen molar-refractivity contribution in [1.82, 2.24) is 24.3 Å². The number of pyridine rings is 1. The van der Waals surface area contributed by atoms with Crippen LogP contribution in [0.1, 0.15) is 47.9 Å². The molecule has 0 saturated heterocycles. The van der Waals surface area contributed by atoms with Gasteiger partial charge in [0.1, 0.15) is 17.3 Å². The maximum Gasteiger partial charge on any atom is 0.224 e. The molecule has 0 spiro atoms. The molecule has 4 aromatic rings. The van der Waals surface area contributed by atoms with E-state index in [1.54, 1.807) is 17.1 Å². The highest BCUT2D eigenvalue weighted by atomic mass is 16.5. The first-order valence-electron chi connectivity index (χ1n) is 11.3. The van der Waals surface area contributed by atoms with Gasteiger partial charge in [0.05, 0.1) is 17.2 Å². The lowest BCUT2D eigenvalue weighted by molar-refractivity contribution is 0.358. The fraction of sp³-hybridized carbons (Fsp3) is 0.231. The van der Waals surface area contributed by atoms with Gasteiger partial charge in [-0.05, 0) is 42.7 Å². The largest absolute Gasteiger partial charge is 0.422 e. The third-order valence-electron chi connectivity index (χ3n) is 6.76. The molecule has 1 aliphatic carbocycles. The van der Waals surface area contributed by atoms with Crippen molar-refractivity contribution < 1.29 is 4.74 Å². The Morgan fingerprint density at radius 1 is 1.09 bits per heavy atom. The number of allylic oxidation sites excluding steroid dienone is 1. The van der Waals surface area contributed by atoms with Crippen LogP contribution in [0.5, 0.6) is 5.88 Å². The van der Waals surface area contributed by atoms with Gasteiger partial charge in [-0.1, -0.05) is 24.6 Å². The van der Waals surface area contributed by atoms with Crippen LogP contribution in [0.25, 0.3) is 17.2 Å². The molecule has 1 unspecified atom stereocenters. The second-order valence-corrected chi connectivity index (χ2v) is 8.71. The average molecular weight is 450 g/mol. The first-order valence-corrected chi connectivity index (χ1v) is 11.3. The van der Waals surface area contributed by atoms with Crippen molar-refractivity contribution in [3.63, 3.8) is 0 Å². The molecule has 1 saturated carbocycles. The van der Waals surface area contributed by atoms with Gasteiger partial charge in [-0.25, -0.2) is 9.67 Å². The Morgan fingerprint density at radius 3 is 2.59 bits per heavy atom. The van der Waals surface area contributed by atoms with Gasteiger partial charge in [-0.2, -0.15) is 10.4 Å². The molecule has 6 rings (SSSR count). The molecule has 34 heavy (non-hydrogen) atoms. The summed E-state index contributed by atoms with van der Waals surface area (Å²) >= 11 is 0. The van der Waals surface area contributed by atoms with Crippen LogP contribution in [0.3, 0.4) is 0 Å². The van der Waals surface area contributed by atoms with Gasteiger partial charge in [0.25, 0.3) is 0 Å². The lowest BCUT2D eigenvalue weighted by Gasteiger charge is -2.29. The summed E-state index contributed by atoms with van der Waals surface area (Å²) in [6.07, 6.45) is 8.84. The van der Waals surface area contributed by atoms with Crippen molar-refractivity contribution in [2.24, 2.45) is 12.8 Å². The minimum atomic E-state index is -0.315. The van der Waals surface area contributed by atoms with E-state index in [-0.39, 0.29) is 11.8 Å². The van der Waals surface area contributed by atoms with E-state index in [4.69, 9.17) is 15.6 Å². The molecule has 4 heterocycles. The zero-order chi connectivity index (χ0) is 23.2. The molecule has 3 aromatic heterocycles. The summed E-state index contributed by atoms with van der Waals surface area (Å²) in [7, 11) is 1.87. The smallest absolute Gasteiger partial charge is 0.224 e. The van der Waals surface area contributed by atoms with Crippen LogP contribution in [0.2, 0.25) is 0 Å². The number of ether oxygens (including phenoxy) is 1. The van der Waals surface area contributed by atoms with E-state index in [1.807, 2.05) is 60.3 Å². The van der Waals surface area contributed by atoms with E-state index < -0.39 is 0 Å². The molecule has 2 aliphatic rings. The number of fused-ring (bicyclic) bond motifs is 1. The maximum atomic E-state index is 9.98. The van der Waals surface area contributed by atoms with Crippen LogP contribution in [0.15, 0.2) is 72.5 Å². The van der Waals surface area contributed by atoms with Crippen LogP contribution < -0.4 is 10.5 Å². The minimum Gasteiger partial charge on any atom is -0.422 e. The molecule has 1 aliphatic heterocycles. The molecule has 1 aromatic carbocycles. The number of nitrogens with zero attached hydrogens (tertiary/aromatic N) is 6. The molecule has 0 bridgehead atoms. The van der Waals surface area contributed by atoms with E-state index in [0.717, 1.165) is 46.9 Å². The predicted octanol–water partition coefficient (Wildman–Crippen LogP) is 4.15. The fourth-order valence-corrected chi connectivity index (χ4v) is 4.84. The minimum absolute atomic E-state index is 0.138. The number of benzene rings is 1. The molecule has 1 fully saturated rings. The second-order valence-electron chi connectivity index (χ2n) is 8.71. The molecule has 1 atom stereocenters. The molecular formula is C26H23N7O. The molecule has 0 amide bonds. The quantitative estimate of drug-likeness (QED) is 0.501. The average Bonchev–Trinajstić information content (AvgIpc) is 3.43. The van der Waals surface area contributed by atoms with Crippen molar-refractivity contribution in [3.05, 3.63) is 89.3 Å². The third-order valence-corrected chi connectivity index (χ3v) is 6.76. The van der Waals surface area contributed by atoms with Crippen LogP contribution >= 0.6 is 0 Å². The zero-order valence-electron chi connectivity index (χ0n) is 18.7. The topological polar surface area (TPSA) is 108 Å². The Morgan fingerprint density at radius 2 is 1.91 bits per heavy atom. The van der Waals surface area contributed by atoms with Crippen LogP contribution in [-0.2, 0) is 7.05 Å². The van der Waals surface area contributed by atoms with E-state index in [0.29, 0.717) is 17.4 Å². The van der Waals surface area contributed by atoms with Crippen LogP contribution in [0, 0.1) is 11.3 Å². The van der Waals surface area contributed by atoms with Crippen molar-refractivity contribution in [1.29, 1.82) is 5.26 Å². The third kappa shape index (κ3) is 3.09. The summed E-state index contributed by atoms with van der Waals surface area (Å²) in [5, 5.41) is 14.8. The Bertz CT molecular complexity index is 1440. The molecular weight excluding hydrogens is 426 g/mol. The summed E-state index contributed by atoms with van der Waals surface area (Å²) in [4.78, 5) is 8.93. The van der Waals surface area contributed by atoms with Crippen molar-refractivity contribution in [2.75, 3.05) is 0 Å². The van der Waals surface area contributed by atoms with Gasteiger partial charge in [0.15, 0.2) is 5.82 Å². The standard InChI is InChI=1S/C26H23N7O/c1-32-26-22(23(31-32)17-5-4-6-17)21(19(15-27)24(28)34-26)16-8-10-18(11-9-16)33-14-13-30-25(33)20-7-2-3-12-29-20/h2-3,7-14,17,21H,4-6,28H2,1H3. The number of rotatable bonds is 4. The Labute approximate surface area is 196 Å². The molecule has 0 radical (unpaired) electrons. The monoisotopic (exact) mass is 449 g/mol. The SMILES string of the molecule is Cn1nc(C2CCC2)c2c1OC(N)=C(C#N)C2c1ccc(-n2ccnc2-c2ccccn2)cc1. The van der Waals surface area contributed by atoms with E-state index in [9.17, 15) is 5.26 Å². The number of hydrogen-bond donors (Lipinski definition) is 1. The predicted molar refractivity (Wildman–Crippen MR) is 126 cm³/mol. The molecule has 8 heteroatoms. The van der Waals surface area contributed by atoms with Gasteiger partial charge in [0.2, 0.25) is 11.8 Å². The highest BCUT2D eigenvalue weighted by Gasteiger charge is 2.39. The number of aryl methyl sites for hydroxylation is 1. The Hall–Kier alpha value is -4.38. The Balaban J connectivity index is 1.43. The van der Waals surface area contributed by atoms with Crippen LogP contribution in [-0.4, -0.2) is 24.3 Å². The second kappa shape index (κ2) is 7.89. The van der Waals surface area contributed by atoms with Crippen molar-refractivity contribution in [2.45, 2.75) is 31.1 Å². The number of nitriles is 1. The number of hydrogen-bond acceptors (Lipinski definition) is 6. The highest BCUT2D eigenvalue weighted by molar-refractivity contribution is 5.58. The van der Waals surface area contributed by atoms with Crippen LogP contribution in [0.4, 0.5) is 0 Å². The first-order chi connectivity index (χ1) is 16.7.